The second-order valence-corrected chi connectivity index (χ2v) is 6.36. The van der Waals surface area contributed by atoms with Crippen LogP contribution < -0.4 is 0 Å². The number of aryl methyl sites for hydroxylation is 1. The minimum Gasteiger partial charge on any atom is -0.298 e. The molecule has 120 valence electrons. The summed E-state index contributed by atoms with van der Waals surface area (Å²) in [5.74, 6) is 0.302. The van der Waals surface area contributed by atoms with Gasteiger partial charge in [-0.05, 0) is 49.1 Å². The Hall–Kier alpha value is -1.64. The molecule has 0 aliphatic carbocycles. The van der Waals surface area contributed by atoms with Crippen LogP contribution in [0.5, 0.6) is 0 Å². The number of carbonyl (C=O) groups is 1. The highest BCUT2D eigenvalue weighted by molar-refractivity contribution is 6.40. The Morgan fingerprint density at radius 3 is 2.43 bits per heavy atom. The number of aldehydes is 1. The summed E-state index contributed by atoms with van der Waals surface area (Å²) in [6, 6.07) is 9.13. The summed E-state index contributed by atoms with van der Waals surface area (Å²) in [6.45, 7) is 6.21. The van der Waals surface area contributed by atoms with Crippen molar-refractivity contribution >= 4 is 41.1 Å². The molecule has 0 saturated heterocycles. The van der Waals surface area contributed by atoms with E-state index in [4.69, 9.17) is 23.2 Å². The molecule has 1 aromatic heterocycles. The van der Waals surface area contributed by atoms with E-state index in [1.807, 2.05) is 25.1 Å². The number of aromatic nitrogens is 1. The third-order valence-corrected chi connectivity index (χ3v) is 4.50. The van der Waals surface area contributed by atoms with E-state index >= 15 is 0 Å². The molecule has 4 heteroatoms. The van der Waals surface area contributed by atoms with E-state index in [-0.39, 0.29) is 0 Å². The first-order chi connectivity index (χ1) is 11.0. The van der Waals surface area contributed by atoms with Crippen LogP contribution in [0.1, 0.15) is 48.7 Å². The predicted octanol–water partition coefficient (Wildman–Crippen LogP) is 5.95. The number of benzene rings is 1. The maximum atomic E-state index is 11.6. The van der Waals surface area contributed by atoms with Crippen molar-refractivity contribution < 1.29 is 4.79 Å². The van der Waals surface area contributed by atoms with Crippen molar-refractivity contribution in [2.45, 2.75) is 33.1 Å². The summed E-state index contributed by atoms with van der Waals surface area (Å²) in [4.78, 5) is 16.3. The Morgan fingerprint density at radius 1 is 1.22 bits per heavy atom. The fourth-order valence-corrected chi connectivity index (χ4v) is 3.02. The fourth-order valence-electron chi connectivity index (χ4n) is 2.40. The second-order valence-electron chi connectivity index (χ2n) is 5.55. The van der Waals surface area contributed by atoms with Gasteiger partial charge in [0.05, 0.1) is 15.7 Å². The van der Waals surface area contributed by atoms with Gasteiger partial charge in [-0.2, -0.15) is 0 Å². The molecule has 2 rings (SSSR count). The molecule has 0 aliphatic heterocycles. The molecule has 1 aromatic carbocycles. The maximum absolute atomic E-state index is 11.6. The summed E-state index contributed by atoms with van der Waals surface area (Å²) in [7, 11) is 0. The topological polar surface area (TPSA) is 30.0 Å². The van der Waals surface area contributed by atoms with Crippen LogP contribution in [0, 0.1) is 6.92 Å². The van der Waals surface area contributed by atoms with Crippen molar-refractivity contribution in [2.24, 2.45) is 0 Å². The molecule has 0 saturated carbocycles. The number of halogens is 2. The van der Waals surface area contributed by atoms with Gasteiger partial charge in [0, 0.05) is 16.8 Å². The average Bonchev–Trinajstić information content (AvgIpc) is 2.54. The van der Waals surface area contributed by atoms with Crippen molar-refractivity contribution in [1.82, 2.24) is 4.98 Å². The lowest BCUT2D eigenvalue weighted by atomic mass is 9.96. The second kappa shape index (κ2) is 7.76. The molecule has 2 nitrogen and oxygen atoms in total. The predicted molar refractivity (Wildman–Crippen MR) is 98.1 cm³/mol. The Bertz CT molecular complexity index is 733. The molecular weight excluding hydrogens is 329 g/mol. The summed E-state index contributed by atoms with van der Waals surface area (Å²) < 4.78 is 0. The molecule has 0 bridgehead atoms. The zero-order valence-corrected chi connectivity index (χ0v) is 14.9. The highest BCUT2D eigenvalue weighted by Gasteiger charge is 2.14. The monoisotopic (exact) mass is 347 g/mol. The van der Waals surface area contributed by atoms with Crippen molar-refractivity contribution in [2.75, 3.05) is 0 Å². The van der Waals surface area contributed by atoms with Crippen LogP contribution in [0.2, 0.25) is 10.0 Å². The van der Waals surface area contributed by atoms with E-state index < -0.39 is 0 Å². The molecule has 0 spiro atoms. The first-order valence-electron chi connectivity index (χ1n) is 7.56. The summed E-state index contributed by atoms with van der Waals surface area (Å²) in [6.07, 6.45) is 3.57. The summed E-state index contributed by atoms with van der Waals surface area (Å²) in [5, 5.41) is 0.919. The number of pyridine rings is 1. The van der Waals surface area contributed by atoms with Gasteiger partial charge in [0.15, 0.2) is 6.29 Å². The van der Waals surface area contributed by atoms with E-state index in [9.17, 15) is 4.79 Å². The van der Waals surface area contributed by atoms with Gasteiger partial charge < -0.3 is 0 Å². The molecule has 2 aromatic rings. The third-order valence-electron chi connectivity index (χ3n) is 3.87. The number of rotatable bonds is 5. The van der Waals surface area contributed by atoms with Crippen molar-refractivity contribution in [3.63, 3.8) is 0 Å². The molecule has 0 amide bonds. The first kappa shape index (κ1) is 17.7. The molecular formula is C19H19Cl2NO. The van der Waals surface area contributed by atoms with E-state index in [1.165, 1.54) is 0 Å². The van der Waals surface area contributed by atoms with Gasteiger partial charge in [-0.15, -0.1) is 0 Å². The lowest BCUT2D eigenvalue weighted by molar-refractivity contribution is -0.103. The molecule has 0 aliphatic rings. The van der Waals surface area contributed by atoms with Crippen LogP contribution in [0.25, 0.3) is 11.6 Å². The molecule has 0 radical (unpaired) electrons. The summed E-state index contributed by atoms with van der Waals surface area (Å²) in [5.41, 5.74) is 3.87. The number of carbonyl (C=O) groups excluding carboxylic acids is 1. The van der Waals surface area contributed by atoms with Gasteiger partial charge in [-0.3, -0.25) is 9.78 Å². The van der Waals surface area contributed by atoms with Gasteiger partial charge in [-0.1, -0.05) is 49.2 Å². The lowest BCUT2D eigenvalue weighted by Crippen LogP contribution is -2.01. The molecule has 1 unspecified atom stereocenters. The van der Waals surface area contributed by atoms with E-state index in [1.54, 1.807) is 18.2 Å². The molecule has 1 heterocycles. The Balaban J connectivity index is 2.61. The van der Waals surface area contributed by atoms with Gasteiger partial charge in [0.1, 0.15) is 0 Å². The Labute approximate surface area is 147 Å². The Morgan fingerprint density at radius 2 is 1.87 bits per heavy atom. The van der Waals surface area contributed by atoms with Crippen LogP contribution in [-0.4, -0.2) is 11.3 Å². The van der Waals surface area contributed by atoms with E-state index in [0.29, 0.717) is 27.1 Å². The highest BCUT2D eigenvalue weighted by atomic mass is 35.5. The van der Waals surface area contributed by atoms with Crippen molar-refractivity contribution in [3.8, 4) is 0 Å². The standard InChI is InChI=1S/C19H19Cl2NO/c1-4-12(2)19-14(9-8-13(3)22-19)10-15(11-23)18-16(20)6-5-7-17(18)21/h5-12H,4H2,1-3H3/b15-10+. The van der Waals surface area contributed by atoms with E-state index in [2.05, 4.69) is 18.8 Å². The van der Waals surface area contributed by atoms with E-state index in [0.717, 1.165) is 29.7 Å². The molecule has 23 heavy (non-hydrogen) atoms. The van der Waals surface area contributed by atoms with Gasteiger partial charge in [0.2, 0.25) is 0 Å². The third kappa shape index (κ3) is 4.01. The zero-order valence-electron chi connectivity index (χ0n) is 13.4. The minimum absolute atomic E-state index is 0.302. The summed E-state index contributed by atoms with van der Waals surface area (Å²) >= 11 is 12.4. The SMILES string of the molecule is CCC(C)c1nc(C)ccc1/C=C(\C=O)c1c(Cl)cccc1Cl. The van der Waals surface area contributed by atoms with Crippen molar-refractivity contribution in [3.05, 3.63) is 62.9 Å². The average molecular weight is 348 g/mol. The molecule has 0 fully saturated rings. The smallest absolute Gasteiger partial charge is 0.150 e. The highest BCUT2D eigenvalue weighted by Crippen LogP contribution is 2.32. The van der Waals surface area contributed by atoms with Crippen LogP contribution >= 0.6 is 23.2 Å². The van der Waals surface area contributed by atoms with Gasteiger partial charge in [-0.25, -0.2) is 0 Å². The van der Waals surface area contributed by atoms with Crippen LogP contribution in [0.15, 0.2) is 30.3 Å². The van der Waals surface area contributed by atoms with Crippen LogP contribution in [-0.2, 0) is 4.79 Å². The van der Waals surface area contributed by atoms with Gasteiger partial charge >= 0.3 is 0 Å². The van der Waals surface area contributed by atoms with Gasteiger partial charge in [0.25, 0.3) is 0 Å². The Kier molecular flexibility index (Phi) is 5.97. The van der Waals surface area contributed by atoms with Crippen LogP contribution in [0.3, 0.4) is 0 Å². The zero-order chi connectivity index (χ0) is 17.0. The normalized spacial score (nSPS) is 13.0. The number of allylic oxidation sites excluding steroid dienone is 1. The fraction of sp³-hybridized carbons (Fsp3) is 0.263. The largest absolute Gasteiger partial charge is 0.298 e. The molecule has 1 atom stereocenters. The quantitative estimate of drug-likeness (QED) is 0.494. The minimum atomic E-state index is 0.302. The number of hydrogen-bond donors (Lipinski definition) is 0. The first-order valence-corrected chi connectivity index (χ1v) is 8.32. The van der Waals surface area contributed by atoms with Crippen molar-refractivity contribution in [1.29, 1.82) is 0 Å². The van der Waals surface area contributed by atoms with Crippen LogP contribution in [0.4, 0.5) is 0 Å². The number of hydrogen-bond acceptors (Lipinski definition) is 2. The maximum Gasteiger partial charge on any atom is 0.150 e. The lowest BCUT2D eigenvalue weighted by Gasteiger charge is -2.14. The molecule has 0 N–H and O–H groups in total. The number of nitrogens with zero attached hydrogens (tertiary/aromatic N) is 1.